The van der Waals surface area contributed by atoms with Crippen molar-refractivity contribution in [2.45, 2.75) is 27.7 Å². The average molecular weight is 797 g/mol. The molecule has 6 heteroatoms. The first-order valence-electron chi connectivity index (χ1n) is 20.9. The van der Waals surface area contributed by atoms with Gasteiger partial charge in [0.1, 0.15) is 0 Å². The Morgan fingerprint density at radius 2 is 0.839 bits per heavy atom. The van der Waals surface area contributed by atoms with E-state index in [0.717, 1.165) is 61.3 Å². The van der Waals surface area contributed by atoms with Crippen molar-refractivity contribution in [2.75, 3.05) is 0 Å². The predicted octanol–water partition coefficient (Wildman–Crippen LogP) is 13.8. The second kappa shape index (κ2) is 14.5. The van der Waals surface area contributed by atoms with Crippen LogP contribution < -0.4 is 0 Å². The molecule has 3 aromatic heterocycles. The van der Waals surface area contributed by atoms with E-state index in [1.807, 2.05) is 72.8 Å². The molecule has 0 aliphatic heterocycles. The quantitative estimate of drug-likeness (QED) is 0.168. The first kappa shape index (κ1) is 36.9. The Morgan fingerprint density at radius 3 is 1.31 bits per heavy atom. The number of benzene rings is 8. The highest BCUT2D eigenvalue weighted by atomic mass is 15.0. The Bertz CT molecular complexity index is 3450. The monoisotopic (exact) mass is 796 g/mol. The summed E-state index contributed by atoms with van der Waals surface area (Å²) < 4.78 is 4.70. The van der Waals surface area contributed by atoms with Crippen molar-refractivity contribution < 1.29 is 0 Å². The van der Waals surface area contributed by atoms with Crippen LogP contribution in [0.3, 0.4) is 0 Å². The van der Waals surface area contributed by atoms with Crippen molar-refractivity contribution in [3.8, 4) is 62.7 Å². The number of hydrogen-bond donors (Lipinski definition) is 0. The Balaban J connectivity index is 1.26. The lowest BCUT2D eigenvalue weighted by Crippen LogP contribution is -2.04. The summed E-state index contributed by atoms with van der Waals surface area (Å²) in [6.07, 6.45) is 0. The van der Waals surface area contributed by atoms with Crippen molar-refractivity contribution in [3.63, 3.8) is 0 Å². The lowest BCUT2D eigenvalue weighted by molar-refractivity contribution is 1.07. The van der Waals surface area contributed by atoms with Crippen LogP contribution >= 0.6 is 0 Å². The molecule has 294 valence electrons. The molecule has 0 aliphatic carbocycles. The number of nitrogens with zero attached hydrogens (tertiary/aromatic N) is 6. The van der Waals surface area contributed by atoms with E-state index in [9.17, 15) is 5.26 Å². The maximum atomic E-state index is 10.5. The first-order chi connectivity index (χ1) is 30.3. The number of nitriles is 1. The first-order valence-corrected chi connectivity index (χ1v) is 20.9. The van der Waals surface area contributed by atoms with Crippen LogP contribution in [0.2, 0.25) is 0 Å². The van der Waals surface area contributed by atoms with Gasteiger partial charge in [-0.05, 0) is 118 Å². The summed E-state index contributed by atoms with van der Waals surface area (Å²) in [5.74, 6) is 1.70. The van der Waals surface area contributed by atoms with Crippen LogP contribution in [0.1, 0.15) is 27.8 Å². The summed E-state index contributed by atoms with van der Waals surface area (Å²) in [4.78, 5) is 15.5. The number of fused-ring (bicyclic) bond motifs is 6. The SMILES string of the molecule is Cc1ccc2c(c1)c1cc(C)ccc1n2-c1ccc(-c2nc(-c3ccccc3)nc(-c3ccccc3)n2)c(-c2cc(C#N)ccc2-n2c3ccc(C)cc3c3cc(C)ccc32)c1. The van der Waals surface area contributed by atoms with Gasteiger partial charge in [0, 0.05) is 49.5 Å². The van der Waals surface area contributed by atoms with Crippen LogP contribution in [-0.4, -0.2) is 24.1 Å². The summed E-state index contributed by atoms with van der Waals surface area (Å²) in [7, 11) is 0. The molecule has 0 unspecified atom stereocenters. The number of rotatable bonds is 6. The van der Waals surface area contributed by atoms with Gasteiger partial charge in [0.15, 0.2) is 17.5 Å². The molecule has 0 saturated carbocycles. The zero-order valence-corrected chi connectivity index (χ0v) is 34.8. The molecule has 0 bridgehead atoms. The zero-order valence-electron chi connectivity index (χ0n) is 34.8. The van der Waals surface area contributed by atoms with Gasteiger partial charge in [-0.1, -0.05) is 107 Å². The minimum Gasteiger partial charge on any atom is -0.309 e. The highest BCUT2D eigenvalue weighted by Gasteiger charge is 2.23. The van der Waals surface area contributed by atoms with Crippen molar-refractivity contribution in [2.24, 2.45) is 0 Å². The van der Waals surface area contributed by atoms with Gasteiger partial charge in [-0.3, -0.25) is 0 Å². The topological polar surface area (TPSA) is 72.3 Å². The van der Waals surface area contributed by atoms with Crippen LogP contribution in [0.15, 0.2) is 170 Å². The number of aromatic nitrogens is 5. The van der Waals surface area contributed by atoms with E-state index >= 15 is 0 Å². The standard InChI is InChI=1S/C56H40N6/c1-34-15-22-49-44(27-34)45-28-35(2)16-23-50(45)61(49)41-20-21-42(56-59-54(39-11-7-5-8-12-39)58-55(60-56)40-13-9-6-10-14-40)43(32-41)48-31-38(33-57)19-26-53(48)62-51-24-17-36(3)29-46(51)47-30-37(4)18-25-52(47)62/h5-32H,1-4H3. The number of aryl methyl sites for hydroxylation is 4. The molecule has 62 heavy (non-hydrogen) atoms. The molecule has 0 aliphatic rings. The molecule has 11 rings (SSSR count). The molecule has 8 aromatic carbocycles. The second-order valence-corrected chi connectivity index (χ2v) is 16.4. The van der Waals surface area contributed by atoms with Gasteiger partial charge in [0.2, 0.25) is 0 Å². The van der Waals surface area contributed by atoms with Gasteiger partial charge >= 0.3 is 0 Å². The molecule has 0 radical (unpaired) electrons. The minimum atomic E-state index is 0.537. The molecule has 0 atom stereocenters. The number of hydrogen-bond acceptors (Lipinski definition) is 4. The fraction of sp³-hybridized carbons (Fsp3) is 0.0714. The summed E-state index contributed by atoms with van der Waals surface area (Å²) in [6, 6.07) is 61.9. The van der Waals surface area contributed by atoms with Crippen LogP contribution in [-0.2, 0) is 0 Å². The van der Waals surface area contributed by atoms with Crippen LogP contribution in [0.25, 0.3) is 100 Å². The van der Waals surface area contributed by atoms with E-state index in [-0.39, 0.29) is 0 Å². The van der Waals surface area contributed by atoms with Gasteiger partial charge < -0.3 is 9.13 Å². The van der Waals surface area contributed by atoms with E-state index in [2.05, 4.69) is 140 Å². The van der Waals surface area contributed by atoms with E-state index in [1.54, 1.807) is 0 Å². The van der Waals surface area contributed by atoms with Crippen LogP contribution in [0.4, 0.5) is 0 Å². The van der Waals surface area contributed by atoms with E-state index in [1.165, 1.54) is 43.8 Å². The van der Waals surface area contributed by atoms with Gasteiger partial charge in [0.25, 0.3) is 0 Å². The summed E-state index contributed by atoms with van der Waals surface area (Å²) in [6.45, 7) is 8.58. The molecule has 0 spiro atoms. The van der Waals surface area contributed by atoms with Gasteiger partial charge in [0.05, 0.1) is 39.4 Å². The molecule has 0 saturated heterocycles. The molecular weight excluding hydrogens is 757 g/mol. The Hall–Kier alpha value is -8.14. The molecule has 6 nitrogen and oxygen atoms in total. The smallest absolute Gasteiger partial charge is 0.164 e. The maximum absolute atomic E-state index is 10.5. The lowest BCUT2D eigenvalue weighted by Gasteiger charge is -2.19. The third kappa shape index (κ3) is 6.14. The molecule has 0 amide bonds. The maximum Gasteiger partial charge on any atom is 0.164 e. The normalized spacial score (nSPS) is 11.5. The van der Waals surface area contributed by atoms with E-state index in [4.69, 9.17) is 15.0 Å². The fourth-order valence-corrected chi connectivity index (χ4v) is 9.07. The fourth-order valence-electron chi connectivity index (χ4n) is 9.07. The lowest BCUT2D eigenvalue weighted by atomic mass is 9.94. The van der Waals surface area contributed by atoms with E-state index in [0.29, 0.717) is 23.0 Å². The van der Waals surface area contributed by atoms with Gasteiger partial charge in [-0.15, -0.1) is 0 Å². The van der Waals surface area contributed by atoms with E-state index < -0.39 is 0 Å². The molecular formula is C56H40N6. The highest BCUT2D eigenvalue weighted by molar-refractivity contribution is 6.11. The van der Waals surface area contributed by atoms with Gasteiger partial charge in [-0.25, -0.2) is 15.0 Å². The molecule has 0 N–H and O–H groups in total. The predicted molar refractivity (Wildman–Crippen MR) is 254 cm³/mol. The summed E-state index contributed by atoms with van der Waals surface area (Å²) in [5, 5.41) is 15.3. The molecule has 11 aromatic rings. The summed E-state index contributed by atoms with van der Waals surface area (Å²) in [5.41, 5.74) is 16.1. The largest absolute Gasteiger partial charge is 0.309 e. The van der Waals surface area contributed by atoms with Gasteiger partial charge in [-0.2, -0.15) is 5.26 Å². The minimum absolute atomic E-state index is 0.537. The zero-order chi connectivity index (χ0) is 42.1. The third-order valence-corrected chi connectivity index (χ3v) is 12.0. The third-order valence-electron chi connectivity index (χ3n) is 12.0. The van der Waals surface area contributed by atoms with Crippen LogP contribution in [0, 0.1) is 39.0 Å². The molecule has 0 fully saturated rings. The Labute approximate surface area is 359 Å². The van der Waals surface area contributed by atoms with Crippen molar-refractivity contribution in [1.82, 2.24) is 24.1 Å². The molecule has 3 heterocycles. The van der Waals surface area contributed by atoms with Crippen molar-refractivity contribution in [3.05, 3.63) is 198 Å². The Kier molecular flexibility index (Phi) is 8.66. The van der Waals surface area contributed by atoms with Crippen molar-refractivity contribution in [1.29, 1.82) is 5.26 Å². The Morgan fingerprint density at radius 1 is 0.387 bits per heavy atom. The second-order valence-electron chi connectivity index (χ2n) is 16.4. The average Bonchev–Trinajstić information content (AvgIpc) is 3.79. The van der Waals surface area contributed by atoms with Crippen molar-refractivity contribution >= 4 is 43.6 Å². The summed E-state index contributed by atoms with van der Waals surface area (Å²) >= 11 is 0. The highest BCUT2D eigenvalue weighted by Crippen LogP contribution is 2.43. The van der Waals surface area contributed by atoms with Crippen LogP contribution in [0.5, 0.6) is 0 Å².